The average Bonchev–Trinajstić information content (AvgIpc) is 2.73. The Morgan fingerprint density at radius 2 is 1.17 bits per heavy atom. The molecule has 0 spiro atoms. The number of rotatable bonds is 6. The first-order valence-corrected chi connectivity index (χ1v) is 8.82. The molecule has 0 amide bonds. The van der Waals surface area contributed by atoms with E-state index in [1.165, 1.54) is 6.92 Å². The van der Waals surface area contributed by atoms with Crippen molar-refractivity contribution in [3.63, 3.8) is 0 Å². The largest absolute Gasteiger partial charge is 0.378 e. The topological polar surface area (TPSA) is 29.5 Å². The summed E-state index contributed by atoms with van der Waals surface area (Å²) in [6.07, 6.45) is -1.34. The van der Waals surface area contributed by atoms with Gasteiger partial charge in [0.05, 0.1) is 12.7 Å². The highest BCUT2D eigenvalue weighted by atomic mass is 19.2. The van der Waals surface area contributed by atoms with Gasteiger partial charge in [-0.15, -0.1) is 0 Å². The molecular weight excluding hydrogens is 410 g/mol. The van der Waals surface area contributed by atoms with E-state index in [0.29, 0.717) is 29.8 Å². The Bertz CT molecular complexity index is 951. The van der Waals surface area contributed by atoms with Gasteiger partial charge in [0.15, 0.2) is 34.9 Å². The van der Waals surface area contributed by atoms with Crippen LogP contribution in [-0.2, 0) is 16.9 Å². The number of halogens is 6. The van der Waals surface area contributed by atoms with Crippen LogP contribution in [0.3, 0.4) is 0 Å². The fraction of sp³-hybridized carbons (Fsp3) is 0.182. The molecule has 0 radical (unpaired) electrons. The van der Waals surface area contributed by atoms with Crippen LogP contribution in [0, 0.1) is 34.9 Å². The fourth-order valence-electron chi connectivity index (χ4n) is 3.10. The molecule has 0 aliphatic carbocycles. The van der Waals surface area contributed by atoms with Gasteiger partial charge in [0.25, 0.3) is 0 Å². The average molecular weight is 426 g/mol. The monoisotopic (exact) mass is 426 g/mol. The summed E-state index contributed by atoms with van der Waals surface area (Å²) in [5.74, 6) is -10.1. The van der Waals surface area contributed by atoms with Crippen LogP contribution < -0.4 is 0 Å². The van der Waals surface area contributed by atoms with E-state index in [0.717, 1.165) is 0 Å². The molecule has 1 unspecified atom stereocenters. The van der Waals surface area contributed by atoms with Crippen LogP contribution >= 0.6 is 0 Å². The molecule has 0 saturated carbocycles. The lowest BCUT2D eigenvalue weighted by molar-refractivity contribution is -0.0877. The van der Waals surface area contributed by atoms with E-state index in [4.69, 9.17) is 4.74 Å². The molecule has 1 N–H and O–H groups in total. The lowest BCUT2D eigenvalue weighted by Crippen LogP contribution is -2.41. The molecule has 0 saturated heterocycles. The smallest absolute Gasteiger partial charge is 0.194 e. The summed E-state index contributed by atoms with van der Waals surface area (Å²) in [5.41, 5.74) is -2.99. The molecule has 0 aliphatic heterocycles. The minimum Gasteiger partial charge on any atom is -0.378 e. The molecule has 0 bridgehead atoms. The Morgan fingerprint density at radius 3 is 1.57 bits per heavy atom. The Balaban J connectivity index is 2.11. The maximum absolute atomic E-state index is 13.8. The zero-order chi connectivity index (χ0) is 22.1. The van der Waals surface area contributed by atoms with Gasteiger partial charge in [0.1, 0.15) is 5.60 Å². The van der Waals surface area contributed by atoms with E-state index in [2.05, 4.69) is 0 Å². The van der Waals surface area contributed by atoms with Gasteiger partial charge in [0, 0.05) is 0 Å². The summed E-state index contributed by atoms with van der Waals surface area (Å²) in [5, 5.41) is 11.3. The summed E-state index contributed by atoms with van der Waals surface area (Å²) >= 11 is 0. The van der Waals surface area contributed by atoms with E-state index in [-0.39, 0.29) is 6.61 Å². The summed E-state index contributed by atoms with van der Waals surface area (Å²) in [7, 11) is 0. The van der Waals surface area contributed by atoms with Gasteiger partial charge in [-0.05, 0) is 47.9 Å². The number of benzene rings is 3. The molecule has 0 aromatic heterocycles. The number of aliphatic hydroxyl groups is 1. The Labute approximate surface area is 168 Å². The van der Waals surface area contributed by atoms with Crippen LogP contribution in [0.25, 0.3) is 0 Å². The predicted molar refractivity (Wildman–Crippen MR) is 96.3 cm³/mol. The van der Waals surface area contributed by atoms with Crippen molar-refractivity contribution in [1.82, 2.24) is 0 Å². The van der Waals surface area contributed by atoms with Crippen molar-refractivity contribution < 1.29 is 36.2 Å². The van der Waals surface area contributed by atoms with Crippen LogP contribution in [0.4, 0.5) is 26.3 Å². The highest BCUT2D eigenvalue weighted by molar-refractivity contribution is 5.39. The molecule has 0 aliphatic rings. The van der Waals surface area contributed by atoms with Crippen LogP contribution in [0.2, 0.25) is 0 Å². The summed E-state index contributed by atoms with van der Waals surface area (Å²) in [4.78, 5) is 0. The van der Waals surface area contributed by atoms with Gasteiger partial charge in [0.2, 0.25) is 0 Å². The first-order chi connectivity index (χ1) is 14.1. The highest BCUT2D eigenvalue weighted by Gasteiger charge is 2.41. The molecule has 8 heteroatoms. The second-order valence-electron chi connectivity index (χ2n) is 6.71. The maximum Gasteiger partial charge on any atom is 0.194 e. The van der Waals surface area contributed by atoms with Gasteiger partial charge < -0.3 is 9.84 Å². The molecule has 0 heterocycles. The van der Waals surface area contributed by atoms with E-state index in [1.54, 1.807) is 30.3 Å². The fourth-order valence-corrected chi connectivity index (χ4v) is 3.10. The third-order valence-corrected chi connectivity index (χ3v) is 4.78. The van der Waals surface area contributed by atoms with Crippen LogP contribution in [-0.4, -0.2) is 11.2 Å². The Kier molecular flexibility index (Phi) is 6.19. The number of hydrogen-bond donors (Lipinski definition) is 1. The van der Waals surface area contributed by atoms with Crippen molar-refractivity contribution in [2.24, 2.45) is 0 Å². The van der Waals surface area contributed by atoms with Gasteiger partial charge >= 0.3 is 0 Å². The second kappa shape index (κ2) is 8.49. The first kappa shape index (κ1) is 21.9. The lowest BCUT2D eigenvalue weighted by Gasteiger charge is -2.35. The van der Waals surface area contributed by atoms with Crippen molar-refractivity contribution >= 4 is 0 Å². The quantitative estimate of drug-likeness (QED) is 0.425. The number of ether oxygens (including phenoxy) is 1. The van der Waals surface area contributed by atoms with E-state index in [1.807, 2.05) is 0 Å². The van der Waals surface area contributed by atoms with Gasteiger partial charge in [-0.2, -0.15) is 0 Å². The van der Waals surface area contributed by atoms with Crippen LogP contribution in [0.1, 0.15) is 23.6 Å². The van der Waals surface area contributed by atoms with Crippen molar-refractivity contribution in [2.45, 2.75) is 25.2 Å². The molecule has 3 rings (SSSR count). The minimum atomic E-state index is -2.54. The lowest BCUT2D eigenvalue weighted by atomic mass is 9.81. The normalized spacial score (nSPS) is 12.8. The van der Waals surface area contributed by atoms with Gasteiger partial charge in [-0.25, -0.2) is 26.3 Å². The molecule has 0 fully saturated rings. The Hall–Kier alpha value is -2.84. The standard InChI is InChI=1S/C22H16F6O2/c1-12(30-11-13-5-3-2-4-6-13)22(29,14-7-16(23)20(27)17(24)8-14)15-9-18(25)21(28)19(26)10-15/h2-10,12,29H,11H2,1H3. The van der Waals surface area contributed by atoms with Crippen LogP contribution in [0.15, 0.2) is 54.6 Å². The number of hydrogen-bond acceptors (Lipinski definition) is 2. The molecule has 158 valence electrons. The molecule has 3 aromatic rings. The molecule has 3 aromatic carbocycles. The SMILES string of the molecule is CC(OCc1ccccc1)C(O)(c1cc(F)c(F)c(F)c1)c1cc(F)c(F)c(F)c1. The molecule has 30 heavy (non-hydrogen) atoms. The predicted octanol–water partition coefficient (Wildman–Crippen LogP) is 5.36. The Morgan fingerprint density at radius 1 is 0.767 bits per heavy atom. The van der Waals surface area contributed by atoms with Crippen molar-refractivity contribution in [2.75, 3.05) is 0 Å². The molecular formula is C22H16F6O2. The van der Waals surface area contributed by atoms with Crippen molar-refractivity contribution in [1.29, 1.82) is 0 Å². The third-order valence-electron chi connectivity index (χ3n) is 4.78. The van der Waals surface area contributed by atoms with E-state index < -0.39 is 57.7 Å². The second-order valence-corrected chi connectivity index (χ2v) is 6.71. The third kappa shape index (κ3) is 4.06. The molecule has 1 atom stereocenters. The minimum absolute atomic E-state index is 0.0668. The van der Waals surface area contributed by atoms with Crippen molar-refractivity contribution in [3.05, 3.63) is 106 Å². The zero-order valence-electron chi connectivity index (χ0n) is 15.6. The summed E-state index contributed by atoms with van der Waals surface area (Å²) in [6, 6.07) is 10.6. The maximum atomic E-state index is 13.8. The molecule has 2 nitrogen and oxygen atoms in total. The summed E-state index contributed by atoms with van der Waals surface area (Å²) in [6.45, 7) is 1.23. The van der Waals surface area contributed by atoms with Gasteiger partial charge in [-0.3, -0.25) is 0 Å². The first-order valence-electron chi connectivity index (χ1n) is 8.82. The van der Waals surface area contributed by atoms with Gasteiger partial charge in [-0.1, -0.05) is 30.3 Å². The highest BCUT2D eigenvalue weighted by Crippen LogP contribution is 2.37. The van der Waals surface area contributed by atoms with E-state index in [9.17, 15) is 31.4 Å². The van der Waals surface area contributed by atoms with Crippen LogP contribution in [0.5, 0.6) is 0 Å². The van der Waals surface area contributed by atoms with E-state index >= 15 is 0 Å². The zero-order valence-corrected chi connectivity index (χ0v) is 15.6. The van der Waals surface area contributed by atoms with Crippen molar-refractivity contribution in [3.8, 4) is 0 Å². The summed E-state index contributed by atoms with van der Waals surface area (Å²) < 4.78 is 87.8.